The number of nitrogens with one attached hydrogen (secondary N) is 1. The summed E-state index contributed by atoms with van der Waals surface area (Å²) in [5.41, 5.74) is 2.74. The summed E-state index contributed by atoms with van der Waals surface area (Å²) in [5, 5.41) is 5.71. The zero-order chi connectivity index (χ0) is 17.1. The standard InChI is InChI=1S/C18H15N3O3S/c22-17(20-9-12-1-2-15-16(7-12)24-11-23-15)8-14-10-25-18(21-14)13-3-5-19-6-4-13/h1-7,10H,8-9,11H2,(H,20,22). The highest BCUT2D eigenvalue weighted by Gasteiger charge is 2.14. The average molecular weight is 353 g/mol. The van der Waals surface area contributed by atoms with E-state index < -0.39 is 0 Å². The topological polar surface area (TPSA) is 73.3 Å². The van der Waals surface area contributed by atoms with Gasteiger partial charge in [0.25, 0.3) is 0 Å². The molecule has 2 aromatic heterocycles. The number of carbonyl (C=O) groups is 1. The van der Waals surface area contributed by atoms with Crippen LogP contribution in [0.25, 0.3) is 10.6 Å². The highest BCUT2D eigenvalue weighted by atomic mass is 32.1. The van der Waals surface area contributed by atoms with Crippen LogP contribution in [0, 0.1) is 0 Å². The fourth-order valence-electron chi connectivity index (χ4n) is 2.49. The minimum Gasteiger partial charge on any atom is -0.454 e. The molecule has 7 heteroatoms. The maximum atomic E-state index is 12.2. The summed E-state index contributed by atoms with van der Waals surface area (Å²) < 4.78 is 10.6. The predicted octanol–water partition coefficient (Wildman–Crippen LogP) is 2.79. The van der Waals surface area contributed by atoms with Gasteiger partial charge in [-0.05, 0) is 29.8 Å². The summed E-state index contributed by atoms with van der Waals surface area (Å²) >= 11 is 1.52. The van der Waals surface area contributed by atoms with Gasteiger partial charge >= 0.3 is 0 Å². The fraction of sp³-hybridized carbons (Fsp3) is 0.167. The van der Waals surface area contributed by atoms with E-state index in [2.05, 4.69) is 15.3 Å². The quantitative estimate of drug-likeness (QED) is 0.763. The van der Waals surface area contributed by atoms with Crippen LogP contribution in [0.15, 0.2) is 48.1 Å². The molecule has 1 aliphatic heterocycles. The Morgan fingerprint density at radius 2 is 2.00 bits per heavy atom. The van der Waals surface area contributed by atoms with Crippen LogP contribution in [0.5, 0.6) is 11.5 Å². The molecule has 0 unspecified atom stereocenters. The summed E-state index contributed by atoms with van der Waals surface area (Å²) in [6.45, 7) is 0.686. The van der Waals surface area contributed by atoms with Gasteiger partial charge in [-0.2, -0.15) is 0 Å². The number of thiazole rings is 1. The van der Waals surface area contributed by atoms with E-state index in [1.54, 1.807) is 12.4 Å². The molecule has 0 aliphatic carbocycles. The molecule has 0 atom stereocenters. The second kappa shape index (κ2) is 6.90. The molecule has 1 aromatic carbocycles. The van der Waals surface area contributed by atoms with Crippen LogP contribution in [0.3, 0.4) is 0 Å². The maximum absolute atomic E-state index is 12.2. The molecule has 0 saturated carbocycles. The van der Waals surface area contributed by atoms with Crippen molar-refractivity contribution in [1.82, 2.24) is 15.3 Å². The number of nitrogens with zero attached hydrogens (tertiary/aromatic N) is 2. The molecule has 126 valence electrons. The first-order valence-corrected chi connectivity index (χ1v) is 8.66. The minimum absolute atomic E-state index is 0.0655. The van der Waals surface area contributed by atoms with Crippen molar-refractivity contribution in [1.29, 1.82) is 0 Å². The molecule has 4 rings (SSSR count). The lowest BCUT2D eigenvalue weighted by molar-refractivity contribution is -0.120. The Labute approximate surface area is 148 Å². The summed E-state index contributed by atoms with van der Waals surface area (Å²) in [6.07, 6.45) is 3.72. The van der Waals surface area contributed by atoms with Crippen LogP contribution in [-0.4, -0.2) is 22.7 Å². The minimum atomic E-state index is -0.0655. The highest BCUT2D eigenvalue weighted by Crippen LogP contribution is 2.32. The summed E-state index contributed by atoms with van der Waals surface area (Å²) in [7, 11) is 0. The Bertz CT molecular complexity index is 896. The zero-order valence-electron chi connectivity index (χ0n) is 13.3. The van der Waals surface area contributed by atoms with Gasteiger partial charge < -0.3 is 14.8 Å². The maximum Gasteiger partial charge on any atom is 0.231 e. The van der Waals surface area contributed by atoms with Crippen molar-refractivity contribution in [3.63, 3.8) is 0 Å². The van der Waals surface area contributed by atoms with E-state index >= 15 is 0 Å². The lowest BCUT2D eigenvalue weighted by Crippen LogP contribution is -2.24. The van der Waals surface area contributed by atoms with Crippen LogP contribution in [-0.2, 0) is 17.8 Å². The third kappa shape index (κ3) is 3.61. The predicted molar refractivity (Wildman–Crippen MR) is 93.5 cm³/mol. The van der Waals surface area contributed by atoms with E-state index in [0.29, 0.717) is 12.3 Å². The van der Waals surface area contributed by atoms with E-state index in [-0.39, 0.29) is 19.1 Å². The van der Waals surface area contributed by atoms with Gasteiger partial charge in [0, 0.05) is 29.9 Å². The lowest BCUT2D eigenvalue weighted by Gasteiger charge is -2.05. The number of hydrogen-bond donors (Lipinski definition) is 1. The van der Waals surface area contributed by atoms with Crippen molar-refractivity contribution < 1.29 is 14.3 Å². The molecule has 25 heavy (non-hydrogen) atoms. The Morgan fingerprint density at radius 3 is 2.88 bits per heavy atom. The SMILES string of the molecule is O=C(Cc1csc(-c2ccncc2)n1)NCc1ccc2c(c1)OCO2. The van der Waals surface area contributed by atoms with Crippen LogP contribution in [0.4, 0.5) is 0 Å². The zero-order valence-corrected chi connectivity index (χ0v) is 14.1. The van der Waals surface area contributed by atoms with Gasteiger partial charge in [0.05, 0.1) is 12.1 Å². The summed E-state index contributed by atoms with van der Waals surface area (Å²) in [5.74, 6) is 1.39. The molecule has 6 nitrogen and oxygen atoms in total. The average Bonchev–Trinajstić information content (AvgIpc) is 3.29. The monoisotopic (exact) mass is 353 g/mol. The molecular weight excluding hydrogens is 338 g/mol. The van der Waals surface area contributed by atoms with E-state index in [4.69, 9.17) is 9.47 Å². The van der Waals surface area contributed by atoms with Gasteiger partial charge in [-0.3, -0.25) is 9.78 Å². The molecule has 0 radical (unpaired) electrons. The number of carbonyl (C=O) groups excluding carboxylic acids is 1. The summed E-state index contributed by atoms with van der Waals surface area (Å²) in [4.78, 5) is 20.7. The van der Waals surface area contributed by atoms with Gasteiger partial charge in [0.2, 0.25) is 12.7 Å². The van der Waals surface area contributed by atoms with Crippen molar-refractivity contribution in [2.75, 3.05) is 6.79 Å². The van der Waals surface area contributed by atoms with Crippen molar-refractivity contribution in [3.8, 4) is 22.1 Å². The smallest absolute Gasteiger partial charge is 0.231 e. The first kappa shape index (κ1) is 15.6. The van der Waals surface area contributed by atoms with Crippen molar-refractivity contribution in [2.45, 2.75) is 13.0 Å². The molecular formula is C18H15N3O3S. The van der Waals surface area contributed by atoms with E-state index in [1.807, 2.05) is 35.7 Å². The van der Waals surface area contributed by atoms with Crippen molar-refractivity contribution in [3.05, 3.63) is 59.4 Å². The molecule has 0 saturated heterocycles. The first-order valence-electron chi connectivity index (χ1n) is 7.78. The Morgan fingerprint density at radius 1 is 1.16 bits per heavy atom. The number of ether oxygens (including phenoxy) is 2. The Kier molecular flexibility index (Phi) is 4.30. The molecule has 3 aromatic rings. The molecule has 3 heterocycles. The second-order valence-electron chi connectivity index (χ2n) is 5.52. The van der Waals surface area contributed by atoms with Gasteiger partial charge in [0.15, 0.2) is 11.5 Å². The molecule has 1 aliphatic rings. The lowest BCUT2D eigenvalue weighted by atomic mass is 10.2. The van der Waals surface area contributed by atoms with Gasteiger partial charge in [-0.25, -0.2) is 4.98 Å². The number of amides is 1. The summed E-state index contributed by atoms with van der Waals surface area (Å²) in [6, 6.07) is 9.46. The van der Waals surface area contributed by atoms with Crippen molar-refractivity contribution in [2.24, 2.45) is 0 Å². The molecule has 0 bridgehead atoms. The molecule has 0 fully saturated rings. The van der Waals surface area contributed by atoms with E-state index in [0.717, 1.165) is 27.6 Å². The Hall–Kier alpha value is -2.93. The molecule has 0 spiro atoms. The third-order valence-electron chi connectivity index (χ3n) is 3.75. The largest absolute Gasteiger partial charge is 0.454 e. The number of rotatable bonds is 5. The van der Waals surface area contributed by atoms with Gasteiger partial charge in [-0.1, -0.05) is 6.07 Å². The van der Waals surface area contributed by atoms with Crippen LogP contribution in [0.1, 0.15) is 11.3 Å². The van der Waals surface area contributed by atoms with Crippen LogP contribution < -0.4 is 14.8 Å². The first-order chi connectivity index (χ1) is 12.3. The second-order valence-corrected chi connectivity index (χ2v) is 6.38. The van der Waals surface area contributed by atoms with Crippen LogP contribution >= 0.6 is 11.3 Å². The number of hydrogen-bond acceptors (Lipinski definition) is 6. The van der Waals surface area contributed by atoms with E-state index in [9.17, 15) is 4.79 Å². The normalized spacial score (nSPS) is 12.2. The van der Waals surface area contributed by atoms with E-state index in [1.165, 1.54) is 11.3 Å². The van der Waals surface area contributed by atoms with Crippen molar-refractivity contribution >= 4 is 17.2 Å². The number of benzene rings is 1. The fourth-order valence-corrected chi connectivity index (χ4v) is 3.32. The number of fused-ring (bicyclic) bond motifs is 1. The highest BCUT2D eigenvalue weighted by molar-refractivity contribution is 7.13. The number of aromatic nitrogens is 2. The van der Waals surface area contributed by atoms with Crippen LogP contribution in [0.2, 0.25) is 0 Å². The van der Waals surface area contributed by atoms with Gasteiger partial charge in [0.1, 0.15) is 5.01 Å². The third-order valence-corrected chi connectivity index (χ3v) is 4.69. The molecule has 1 N–H and O–H groups in total. The van der Waals surface area contributed by atoms with Gasteiger partial charge in [-0.15, -0.1) is 11.3 Å². The number of pyridine rings is 1. The molecule has 1 amide bonds. The Balaban J connectivity index is 1.34.